The van der Waals surface area contributed by atoms with Gasteiger partial charge in [-0.1, -0.05) is 24.1 Å². The zero-order valence-electron chi connectivity index (χ0n) is 19.9. The number of ether oxygens (including phenoxy) is 3. The van der Waals surface area contributed by atoms with Gasteiger partial charge in [-0.25, -0.2) is 4.68 Å². The van der Waals surface area contributed by atoms with Gasteiger partial charge in [-0.2, -0.15) is 5.10 Å². The Labute approximate surface area is 205 Å². The number of benzene rings is 3. The minimum Gasteiger partial charge on any atom is -0.497 e. The zero-order valence-corrected chi connectivity index (χ0v) is 19.9. The van der Waals surface area contributed by atoms with E-state index in [2.05, 4.69) is 11.8 Å². The third-order valence-corrected chi connectivity index (χ3v) is 5.39. The van der Waals surface area contributed by atoms with Crippen LogP contribution in [0.4, 0.5) is 0 Å². The molecule has 0 unspecified atom stereocenters. The number of hydrogen-bond acceptors (Lipinski definition) is 5. The van der Waals surface area contributed by atoms with Crippen LogP contribution >= 0.6 is 0 Å². The average Bonchev–Trinajstić information content (AvgIpc) is 3.26. The molecule has 0 bridgehead atoms. The molecule has 4 rings (SSSR count). The Bertz CT molecular complexity index is 1350. The monoisotopic (exact) mass is 466 g/mol. The summed E-state index contributed by atoms with van der Waals surface area (Å²) >= 11 is 0. The summed E-state index contributed by atoms with van der Waals surface area (Å²) < 4.78 is 17.7. The lowest BCUT2D eigenvalue weighted by Crippen LogP contribution is -2.09. The lowest BCUT2D eigenvalue weighted by Gasteiger charge is -2.11. The van der Waals surface area contributed by atoms with Crippen LogP contribution in [0.5, 0.6) is 11.5 Å². The number of methoxy groups -OCH3 is 2. The lowest BCUT2D eigenvalue weighted by atomic mass is 10.0. The SMILES string of the molecule is CCOC(=O)Cc1c(C#Cc2ccccc2)nn(-c2ccc(OC)cc2)c1-c1ccc(OC)cc1. The fourth-order valence-electron chi connectivity index (χ4n) is 3.68. The van der Waals surface area contributed by atoms with Gasteiger partial charge < -0.3 is 14.2 Å². The fourth-order valence-corrected chi connectivity index (χ4v) is 3.68. The number of esters is 1. The Balaban J connectivity index is 1.92. The first-order valence-electron chi connectivity index (χ1n) is 11.3. The molecule has 35 heavy (non-hydrogen) atoms. The van der Waals surface area contributed by atoms with Gasteiger partial charge >= 0.3 is 5.97 Å². The lowest BCUT2D eigenvalue weighted by molar-refractivity contribution is -0.142. The topological polar surface area (TPSA) is 62.6 Å². The van der Waals surface area contributed by atoms with Crippen LogP contribution in [0.25, 0.3) is 16.9 Å². The maximum atomic E-state index is 12.6. The molecule has 0 fully saturated rings. The molecule has 6 nitrogen and oxygen atoms in total. The van der Waals surface area contributed by atoms with Crippen LogP contribution in [0.15, 0.2) is 78.9 Å². The first kappa shape index (κ1) is 23.7. The first-order chi connectivity index (χ1) is 17.1. The predicted octanol–water partition coefficient (Wildman–Crippen LogP) is 5.06. The molecule has 6 heteroatoms. The smallest absolute Gasteiger partial charge is 0.310 e. The summed E-state index contributed by atoms with van der Waals surface area (Å²) in [4.78, 5) is 12.6. The van der Waals surface area contributed by atoms with Crippen LogP contribution in [-0.2, 0) is 16.0 Å². The third kappa shape index (κ3) is 5.53. The Hall–Kier alpha value is -4.50. The van der Waals surface area contributed by atoms with Crippen LogP contribution < -0.4 is 9.47 Å². The van der Waals surface area contributed by atoms with Gasteiger partial charge in [-0.05, 0) is 73.5 Å². The number of hydrogen-bond donors (Lipinski definition) is 0. The van der Waals surface area contributed by atoms with Gasteiger partial charge in [0.15, 0.2) is 0 Å². The van der Waals surface area contributed by atoms with E-state index in [-0.39, 0.29) is 12.4 Å². The highest BCUT2D eigenvalue weighted by Gasteiger charge is 2.22. The molecule has 4 aromatic rings. The van der Waals surface area contributed by atoms with Crippen molar-refractivity contribution in [3.05, 3.63) is 95.7 Å². The first-order valence-corrected chi connectivity index (χ1v) is 11.3. The molecule has 0 aliphatic rings. The van der Waals surface area contributed by atoms with Crippen LogP contribution in [0, 0.1) is 11.8 Å². The second-order valence-corrected chi connectivity index (χ2v) is 7.61. The Morgan fingerprint density at radius 1 is 0.857 bits per heavy atom. The molecule has 0 aliphatic carbocycles. The van der Waals surface area contributed by atoms with Gasteiger partial charge in [0.1, 0.15) is 17.2 Å². The number of aromatic nitrogens is 2. The highest BCUT2D eigenvalue weighted by atomic mass is 16.5. The number of carbonyl (C=O) groups is 1. The van der Waals surface area contributed by atoms with Gasteiger partial charge in [0, 0.05) is 16.7 Å². The molecule has 0 atom stereocenters. The van der Waals surface area contributed by atoms with E-state index in [1.54, 1.807) is 21.1 Å². The number of carbonyl (C=O) groups excluding carboxylic acids is 1. The Morgan fingerprint density at radius 3 is 2.09 bits per heavy atom. The molecular weight excluding hydrogens is 440 g/mol. The van der Waals surface area contributed by atoms with Crippen molar-refractivity contribution >= 4 is 5.97 Å². The second kappa shape index (κ2) is 11.1. The van der Waals surface area contributed by atoms with Gasteiger partial charge in [0.2, 0.25) is 0 Å². The van der Waals surface area contributed by atoms with Crippen LogP contribution in [-0.4, -0.2) is 36.6 Å². The molecule has 0 aliphatic heterocycles. The van der Waals surface area contributed by atoms with Crippen LogP contribution in [0.1, 0.15) is 23.7 Å². The van der Waals surface area contributed by atoms with Crippen molar-refractivity contribution in [3.8, 4) is 40.3 Å². The van der Waals surface area contributed by atoms with Crippen molar-refractivity contribution < 1.29 is 19.0 Å². The summed E-state index contributed by atoms with van der Waals surface area (Å²) in [5.41, 5.74) is 4.54. The molecule has 0 radical (unpaired) electrons. The maximum absolute atomic E-state index is 12.6. The van der Waals surface area contributed by atoms with E-state index in [1.807, 2.05) is 83.5 Å². The quantitative estimate of drug-likeness (QED) is 0.281. The average molecular weight is 467 g/mol. The number of rotatable bonds is 7. The second-order valence-electron chi connectivity index (χ2n) is 7.61. The fraction of sp³-hybridized carbons (Fsp3) is 0.172. The molecule has 0 N–H and O–H groups in total. The van der Waals surface area contributed by atoms with E-state index < -0.39 is 0 Å². The molecule has 176 valence electrons. The summed E-state index contributed by atoms with van der Waals surface area (Å²) in [5, 5.41) is 4.85. The standard InChI is InChI=1S/C29H26N2O4/c1-4-35-28(32)20-26-27(19-10-21-8-6-5-7-9-21)30-31(23-13-17-25(34-3)18-14-23)29(26)22-11-15-24(33-2)16-12-22/h5-9,11-18H,4,20H2,1-3H3. The number of nitrogens with zero attached hydrogens (tertiary/aromatic N) is 2. The van der Waals surface area contributed by atoms with E-state index in [0.717, 1.165) is 34.0 Å². The highest BCUT2D eigenvalue weighted by molar-refractivity contribution is 5.79. The van der Waals surface area contributed by atoms with Gasteiger partial charge in [0.05, 0.1) is 38.6 Å². The predicted molar refractivity (Wildman–Crippen MR) is 135 cm³/mol. The molecule has 1 aromatic heterocycles. The third-order valence-electron chi connectivity index (χ3n) is 5.39. The molecule has 0 spiro atoms. The summed E-state index contributed by atoms with van der Waals surface area (Å²) in [6, 6.07) is 24.9. The summed E-state index contributed by atoms with van der Waals surface area (Å²) in [6.45, 7) is 2.09. The van der Waals surface area contributed by atoms with Crippen LogP contribution in [0.2, 0.25) is 0 Å². The maximum Gasteiger partial charge on any atom is 0.310 e. The molecular formula is C29H26N2O4. The summed E-state index contributed by atoms with van der Waals surface area (Å²) in [5.74, 6) is 7.49. The van der Waals surface area contributed by atoms with E-state index in [9.17, 15) is 4.79 Å². The van der Waals surface area contributed by atoms with Gasteiger partial charge in [-0.15, -0.1) is 0 Å². The normalized spacial score (nSPS) is 10.3. The Morgan fingerprint density at radius 2 is 1.49 bits per heavy atom. The zero-order chi connectivity index (χ0) is 24.6. The van der Waals surface area contributed by atoms with Crippen molar-refractivity contribution in [2.45, 2.75) is 13.3 Å². The highest BCUT2D eigenvalue weighted by Crippen LogP contribution is 2.31. The minimum atomic E-state index is -0.334. The molecule has 0 saturated heterocycles. The summed E-state index contributed by atoms with van der Waals surface area (Å²) in [7, 11) is 3.25. The molecule has 3 aromatic carbocycles. The van der Waals surface area contributed by atoms with Crippen LogP contribution in [0.3, 0.4) is 0 Å². The minimum absolute atomic E-state index is 0.0458. The van der Waals surface area contributed by atoms with Gasteiger partial charge in [-0.3, -0.25) is 4.79 Å². The van der Waals surface area contributed by atoms with E-state index in [1.165, 1.54) is 0 Å². The van der Waals surface area contributed by atoms with Crippen molar-refractivity contribution in [2.24, 2.45) is 0 Å². The van der Waals surface area contributed by atoms with Gasteiger partial charge in [0.25, 0.3) is 0 Å². The van der Waals surface area contributed by atoms with Crippen molar-refractivity contribution in [3.63, 3.8) is 0 Å². The van der Waals surface area contributed by atoms with Crippen molar-refractivity contribution in [1.82, 2.24) is 9.78 Å². The van der Waals surface area contributed by atoms with E-state index in [0.29, 0.717) is 17.9 Å². The van der Waals surface area contributed by atoms with Crippen molar-refractivity contribution in [1.29, 1.82) is 0 Å². The van der Waals surface area contributed by atoms with Crippen molar-refractivity contribution in [2.75, 3.05) is 20.8 Å². The van der Waals surface area contributed by atoms with E-state index >= 15 is 0 Å². The molecule has 1 heterocycles. The Kier molecular flexibility index (Phi) is 7.49. The summed E-state index contributed by atoms with van der Waals surface area (Å²) in [6.07, 6.45) is 0.0458. The van der Waals surface area contributed by atoms with E-state index in [4.69, 9.17) is 19.3 Å². The molecule has 0 saturated carbocycles. The molecule has 0 amide bonds. The largest absolute Gasteiger partial charge is 0.497 e.